The molecule has 0 spiro atoms. The van der Waals surface area contributed by atoms with Crippen molar-refractivity contribution in [3.05, 3.63) is 41.2 Å². The lowest BCUT2D eigenvalue weighted by atomic mass is 10.2. The van der Waals surface area contributed by atoms with Crippen LogP contribution in [-0.2, 0) is 0 Å². The minimum Gasteiger partial charge on any atom is -0.476 e. The highest BCUT2D eigenvalue weighted by atomic mass is 35.5. The molecule has 0 amide bonds. The van der Waals surface area contributed by atoms with Gasteiger partial charge in [0.25, 0.3) is 0 Å². The number of benzene rings is 1. The third kappa shape index (κ3) is 4.23. The Balaban J connectivity index is 2.20. The van der Waals surface area contributed by atoms with Crippen molar-refractivity contribution >= 4 is 28.8 Å². The molecule has 0 aliphatic carbocycles. The Morgan fingerprint density at radius 1 is 1.33 bits per heavy atom. The van der Waals surface area contributed by atoms with E-state index in [-0.39, 0.29) is 5.82 Å². The van der Waals surface area contributed by atoms with Gasteiger partial charge in [0.15, 0.2) is 0 Å². The van der Waals surface area contributed by atoms with E-state index in [9.17, 15) is 4.39 Å². The fourth-order valence-electron chi connectivity index (χ4n) is 1.61. The number of nitrogens with two attached hydrogens (primary N) is 1. The van der Waals surface area contributed by atoms with Crippen molar-refractivity contribution in [3.8, 4) is 5.88 Å². The summed E-state index contributed by atoms with van der Waals surface area (Å²) in [6.07, 6.45) is 0. The molecule has 0 aliphatic rings. The van der Waals surface area contributed by atoms with Crippen molar-refractivity contribution in [2.45, 2.75) is 13.8 Å². The van der Waals surface area contributed by atoms with Gasteiger partial charge in [-0.3, -0.25) is 0 Å². The number of anilines is 3. The molecule has 112 valence electrons. The van der Waals surface area contributed by atoms with Gasteiger partial charge in [-0.05, 0) is 36.2 Å². The monoisotopic (exact) mass is 309 g/mol. The van der Waals surface area contributed by atoms with Crippen LogP contribution in [-0.4, -0.2) is 11.6 Å². The highest BCUT2D eigenvalue weighted by Gasteiger charge is 2.08. The maximum atomic E-state index is 13.2. The first kappa shape index (κ1) is 15.4. The minimum atomic E-state index is -0.381. The molecule has 0 fully saturated rings. The second-order valence-electron chi connectivity index (χ2n) is 5.04. The summed E-state index contributed by atoms with van der Waals surface area (Å²) in [7, 11) is 0. The zero-order valence-electron chi connectivity index (χ0n) is 11.9. The molecule has 6 heteroatoms. The Morgan fingerprint density at radius 3 is 2.81 bits per heavy atom. The van der Waals surface area contributed by atoms with Crippen LogP contribution in [0, 0.1) is 11.7 Å². The molecule has 4 nitrogen and oxygen atoms in total. The van der Waals surface area contributed by atoms with E-state index in [1.807, 2.05) is 13.8 Å². The Labute approximate surface area is 128 Å². The van der Waals surface area contributed by atoms with Crippen LogP contribution in [0.1, 0.15) is 13.8 Å². The standard InChI is InChI=1S/C15H17ClFN3O/c1-9(2)8-21-15-12(18)5-6-14(20-15)19-13-7-10(17)3-4-11(13)16/h3-7,9H,8,18H2,1-2H3,(H,19,20). The maximum absolute atomic E-state index is 13.2. The fourth-order valence-corrected chi connectivity index (χ4v) is 1.78. The van der Waals surface area contributed by atoms with Gasteiger partial charge in [-0.2, -0.15) is 4.98 Å². The Bertz CT molecular complexity index is 634. The van der Waals surface area contributed by atoms with Gasteiger partial charge in [0.1, 0.15) is 11.6 Å². The lowest BCUT2D eigenvalue weighted by Crippen LogP contribution is -2.08. The number of rotatable bonds is 5. The predicted molar refractivity (Wildman–Crippen MR) is 83.7 cm³/mol. The van der Waals surface area contributed by atoms with Gasteiger partial charge in [-0.1, -0.05) is 25.4 Å². The molecule has 0 unspecified atom stereocenters. The Kier molecular flexibility index (Phi) is 4.85. The lowest BCUT2D eigenvalue weighted by Gasteiger charge is -2.13. The second kappa shape index (κ2) is 6.63. The molecule has 0 bridgehead atoms. The summed E-state index contributed by atoms with van der Waals surface area (Å²) >= 11 is 6.01. The van der Waals surface area contributed by atoms with Crippen LogP contribution in [0.3, 0.4) is 0 Å². The molecule has 1 aromatic carbocycles. The van der Waals surface area contributed by atoms with E-state index >= 15 is 0 Å². The fraction of sp³-hybridized carbons (Fsp3) is 0.267. The Hall–Kier alpha value is -2.01. The van der Waals surface area contributed by atoms with Gasteiger partial charge in [0.2, 0.25) is 5.88 Å². The number of aromatic nitrogens is 1. The number of hydrogen-bond donors (Lipinski definition) is 2. The highest BCUT2D eigenvalue weighted by Crippen LogP contribution is 2.28. The topological polar surface area (TPSA) is 60.2 Å². The number of hydrogen-bond acceptors (Lipinski definition) is 4. The van der Waals surface area contributed by atoms with Gasteiger partial charge in [0.05, 0.1) is 23.0 Å². The predicted octanol–water partition coefficient (Wildman–Crippen LogP) is 4.23. The summed E-state index contributed by atoms with van der Waals surface area (Å²) in [5, 5.41) is 3.35. The van der Waals surface area contributed by atoms with Crippen LogP contribution in [0.25, 0.3) is 0 Å². The third-order valence-corrected chi connectivity index (χ3v) is 2.96. The van der Waals surface area contributed by atoms with E-state index in [1.165, 1.54) is 18.2 Å². The molecule has 2 rings (SSSR count). The van der Waals surface area contributed by atoms with Crippen LogP contribution in [0.15, 0.2) is 30.3 Å². The summed E-state index contributed by atoms with van der Waals surface area (Å²) < 4.78 is 18.8. The zero-order chi connectivity index (χ0) is 15.4. The van der Waals surface area contributed by atoms with Crippen LogP contribution >= 0.6 is 11.6 Å². The first-order valence-corrected chi connectivity index (χ1v) is 6.95. The molecule has 0 aliphatic heterocycles. The molecule has 0 radical (unpaired) electrons. The molecule has 21 heavy (non-hydrogen) atoms. The maximum Gasteiger partial charge on any atom is 0.239 e. The smallest absolute Gasteiger partial charge is 0.239 e. The van der Waals surface area contributed by atoms with E-state index < -0.39 is 0 Å². The van der Waals surface area contributed by atoms with Gasteiger partial charge in [0, 0.05) is 0 Å². The molecular formula is C15H17ClFN3O. The normalized spacial score (nSPS) is 10.7. The van der Waals surface area contributed by atoms with Crippen LogP contribution in [0.4, 0.5) is 21.6 Å². The van der Waals surface area contributed by atoms with Gasteiger partial charge in [-0.25, -0.2) is 4.39 Å². The molecular weight excluding hydrogens is 293 g/mol. The van der Waals surface area contributed by atoms with E-state index in [0.717, 1.165) is 0 Å². The van der Waals surface area contributed by atoms with E-state index in [4.69, 9.17) is 22.1 Å². The molecule has 0 atom stereocenters. The van der Waals surface area contributed by atoms with Crippen molar-refractivity contribution < 1.29 is 9.13 Å². The van der Waals surface area contributed by atoms with Crippen molar-refractivity contribution in [1.29, 1.82) is 0 Å². The van der Waals surface area contributed by atoms with Crippen molar-refractivity contribution in [2.24, 2.45) is 5.92 Å². The van der Waals surface area contributed by atoms with Crippen molar-refractivity contribution in [3.63, 3.8) is 0 Å². The third-order valence-electron chi connectivity index (χ3n) is 2.63. The van der Waals surface area contributed by atoms with E-state index in [2.05, 4.69) is 10.3 Å². The molecule has 0 saturated heterocycles. The van der Waals surface area contributed by atoms with Crippen molar-refractivity contribution in [2.75, 3.05) is 17.7 Å². The first-order valence-electron chi connectivity index (χ1n) is 6.57. The number of nitrogens with one attached hydrogen (secondary N) is 1. The second-order valence-corrected chi connectivity index (χ2v) is 5.45. The highest BCUT2D eigenvalue weighted by molar-refractivity contribution is 6.33. The van der Waals surface area contributed by atoms with E-state index in [1.54, 1.807) is 12.1 Å². The van der Waals surface area contributed by atoms with Gasteiger partial charge >= 0.3 is 0 Å². The number of nitrogen functional groups attached to an aromatic ring is 1. The molecule has 1 heterocycles. The zero-order valence-corrected chi connectivity index (χ0v) is 12.6. The SMILES string of the molecule is CC(C)COc1nc(Nc2cc(F)ccc2Cl)ccc1N. The Morgan fingerprint density at radius 2 is 2.10 bits per heavy atom. The summed E-state index contributed by atoms with van der Waals surface area (Å²) in [6.45, 7) is 4.58. The van der Waals surface area contributed by atoms with Crippen LogP contribution in [0.5, 0.6) is 5.88 Å². The largest absolute Gasteiger partial charge is 0.476 e. The van der Waals surface area contributed by atoms with Crippen molar-refractivity contribution in [1.82, 2.24) is 4.98 Å². The average molecular weight is 310 g/mol. The molecule has 0 saturated carbocycles. The molecule has 2 aromatic rings. The van der Waals surface area contributed by atoms with Crippen LogP contribution < -0.4 is 15.8 Å². The van der Waals surface area contributed by atoms with E-state index in [0.29, 0.717) is 40.6 Å². The minimum absolute atomic E-state index is 0.348. The number of nitrogens with zero attached hydrogens (tertiary/aromatic N) is 1. The van der Waals surface area contributed by atoms with Gasteiger partial charge in [-0.15, -0.1) is 0 Å². The number of halogens is 2. The lowest BCUT2D eigenvalue weighted by molar-refractivity contribution is 0.263. The summed E-state index contributed by atoms with van der Waals surface area (Å²) in [5.74, 6) is 0.811. The summed E-state index contributed by atoms with van der Waals surface area (Å²) in [6, 6.07) is 7.43. The average Bonchev–Trinajstić information content (AvgIpc) is 2.43. The van der Waals surface area contributed by atoms with Crippen LogP contribution in [0.2, 0.25) is 5.02 Å². The quantitative estimate of drug-likeness (QED) is 0.867. The molecule has 3 N–H and O–H groups in total. The summed E-state index contributed by atoms with van der Waals surface area (Å²) in [5.41, 5.74) is 6.71. The van der Waals surface area contributed by atoms with Gasteiger partial charge < -0.3 is 15.8 Å². The number of pyridine rings is 1. The number of ether oxygens (including phenoxy) is 1. The first-order chi connectivity index (χ1) is 9.95. The molecule has 1 aromatic heterocycles. The summed E-state index contributed by atoms with van der Waals surface area (Å²) in [4.78, 5) is 4.27.